The molecule has 19 heavy (non-hydrogen) atoms. The van der Waals surface area contributed by atoms with Crippen molar-refractivity contribution in [2.45, 2.75) is 19.4 Å². The largest absolute Gasteiger partial charge is 0.367 e. The fraction of sp³-hybridized carbons (Fsp3) is 0.462. The molecule has 0 atom stereocenters. The molecule has 0 aromatic heterocycles. The van der Waals surface area contributed by atoms with Gasteiger partial charge in [0.05, 0.1) is 16.2 Å². The van der Waals surface area contributed by atoms with Gasteiger partial charge in [-0.3, -0.25) is 10.1 Å². The zero-order valence-electron chi connectivity index (χ0n) is 11.0. The minimum absolute atomic E-state index is 0.0350. The molecule has 1 aromatic carbocycles. The number of anilines is 1. The second-order valence-corrected chi connectivity index (χ2v) is 5.30. The minimum atomic E-state index is -0.480. The number of rotatable bonds is 2. The lowest BCUT2D eigenvalue weighted by molar-refractivity contribution is -0.384. The number of hydrogen-bond donors (Lipinski definition) is 1. The van der Waals surface area contributed by atoms with Crippen molar-refractivity contribution < 1.29 is 4.92 Å². The molecule has 1 aliphatic heterocycles. The minimum Gasteiger partial charge on any atom is -0.367 e. The molecule has 1 N–H and O–H groups in total. The molecule has 0 bridgehead atoms. The van der Waals surface area contributed by atoms with E-state index in [1.807, 2.05) is 6.07 Å². The number of hydrogen-bond acceptors (Lipinski definition) is 5. The van der Waals surface area contributed by atoms with Crippen molar-refractivity contribution >= 4 is 11.4 Å². The molecule has 1 aromatic rings. The summed E-state index contributed by atoms with van der Waals surface area (Å²) >= 11 is 0. The number of benzene rings is 1. The van der Waals surface area contributed by atoms with Crippen LogP contribution in [0, 0.1) is 21.4 Å². The van der Waals surface area contributed by atoms with E-state index in [0.29, 0.717) is 5.56 Å². The fourth-order valence-electron chi connectivity index (χ4n) is 2.35. The first-order valence-corrected chi connectivity index (χ1v) is 6.11. The zero-order chi connectivity index (χ0) is 14.0. The molecule has 6 heteroatoms. The molecule has 2 rings (SSSR count). The molecule has 0 amide bonds. The average molecular weight is 260 g/mol. The molecule has 100 valence electrons. The fourth-order valence-corrected chi connectivity index (χ4v) is 2.35. The first-order valence-electron chi connectivity index (χ1n) is 6.11. The van der Waals surface area contributed by atoms with Crippen molar-refractivity contribution in [2.75, 3.05) is 24.5 Å². The Morgan fingerprint density at radius 2 is 2.26 bits per heavy atom. The van der Waals surface area contributed by atoms with Crippen LogP contribution in [0.15, 0.2) is 18.2 Å². The second kappa shape index (κ2) is 4.86. The van der Waals surface area contributed by atoms with Gasteiger partial charge in [-0.25, -0.2) is 0 Å². The van der Waals surface area contributed by atoms with E-state index < -0.39 is 4.92 Å². The normalized spacial score (nSPS) is 17.8. The van der Waals surface area contributed by atoms with E-state index in [-0.39, 0.29) is 11.2 Å². The summed E-state index contributed by atoms with van der Waals surface area (Å²) in [4.78, 5) is 12.3. The van der Waals surface area contributed by atoms with Crippen LogP contribution in [0.4, 0.5) is 11.4 Å². The first-order chi connectivity index (χ1) is 8.93. The van der Waals surface area contributed by atoms with Gasteiger partial charge in [-0.05, 0) is 19.9 Å². The maximum Gasteiger partial charge on any atom is 0.270 e. The van der Waals surface area contributed by atoms with Gasteiger partial charge in [0.15, 0.2) is 0 Å². The van der Waals surface area contributed by atoms with Crippen molar-refractivity contribution in [1.29, 1.82) is 5.26 Å². The molecule has 0 aliphatic carbocycles. The van der Waals surface area contributed by atoms with E-state index >= 15 is 0 Å². The summed E-state index contributed by atoms with van der Waals surface area (Å²) in [5, 5.41) is 23.3. The molecule has 1 heterocycles. The SMILES string of the molecule is CC1(C)CN(c2ccc([N+](=O)[O-])cc2C#N)CCN1. The number of nitro benzene ring substituents is 1. The molecular weight excluding hydrogens is 244 g/mol. The summed E-state index contributed by atoms with van der Waals surface area (Å²) < 4.78 is 0. The molecule has 0 unspecified atom stereocenters. The number of nitrogens with zero attached hydrogens (tertiary/aromatic N) is 3. The Morgan fingerprint density at radius 3 is 2.84 bits per heavy atom. The lowest BCUT2D eigenvalue weighted by Gasteiger charge is -2.40. The van der Waals surface area contributed by atoms with Gasteiger partial charge in [-0.1, -0.05) is 0 Å². The molecule has 0 spiro atoms. The summed E-state index contributed by atoms with van der Waals surface area (Å²) in [5.41, 5.74) is 1.04. The third-order valence-electron chi connectivity index (χ3n) is 3.22. The Morgan fingerprint density at radius 1 is 1.53 bits per heavy atom. The molecule has 6 nitrogen and oxygen atoms in total. The van der Waals surface area contributed by atoms with Gasteiger partial charge in [-0.15, -0.1) is 0 Å². The number of piperazine rings is 1. The highest BCUT2D eigenvalue weighted by molar-refractivity contribution is 5.63. The second-order valence-electron chi connectivity index (χ2n) is 5.30. The van der Waals surface area contributed by atoms with Crippen molar-refractivity contribution in [3.63, 3.8) is 0 Å². The van der Waals surface area contributed by atoms with Crippen molar-refractivity contribution in [3.8, 4) is 6.07 Å². The quantitative estimate of drug-likeness (QED) is 0.646. The molecule has 1 fully saturated rings. The highest BCUT2D eigenvalue weighted by atomic mass is 16.6. The van der Waals surface area contributed by atoms with E-state index in [1.165, 1.54) is 12.1 Å². The monoisotopic (exact) mass is 260 g/mol. The predicted molar refractivity (Wildman–Crippen MR) is 72.1 cm³/mol. The Balaban J connectivity index is 2.35. The van der Waals surface area contributed by atoms with Crippen LogP contribution in [0.25, 0.3) is 0 Å². The van der Waals surface area contributed by atoms with E-state index in [1.54, 1.807) is 6.07 Å². The standard InChI is InChI=1S/C13H16N4O2/c1-13(2)9-16(6-5-15-13)12-4-3-11(17(18)19)7-10(12)8-14/h3-4,7,15H,5-6,9H2,1-2H3. The Hall–Kier alpha value is -2.13. The van der Waals surface area contributed by atoms with Crippen LogP contribution in [0.3, 0.4) is 0 Å². The van der Waals surface area contributed by atoms with Crippen LogP contribution < -0.4 is 10.2 Å². The van der Waals surface area contributed by atoms with Crippen LogP contribution >= 0.6 is 0 Å². The number of nitrogens with one attached hydrogen (secondary N) is 1. The third kappa shape index (κ3) is 2.83. The highest BCUT2D eigenvalue weighted by Crippen LogP contribution is 2.27. The Kier molecular flexibility index (Phi) is 3.40. The molecule has 0 radical (unpaired) electrons. The lowest BCUT2D eigenvalue weighted by atomic mass is 10.0. The summed E-state index contributed by atoms with van der Waals surface area (Å²) in [6, 6.07) is 6.50. The van der Waals surface area contributed by atoms with Gasteiger partial charge in [0, 0.05) is 37.3 Å². The van der Waals surface area contributed by atoms with Crippen molar-refractivity contribution in [3.05, 3.63) is 33.9 Å². The van der Waals surface area contributed by atoms with E-state index in [2.05, 4.69) is 24.1 Å². The van der Waals surface area contributed by atoms with E-state index in [4.69, 9.17) is 0 Å². The molecular formula is C13H16N4O2. The maximum absolute atomic E-state index is 10.7. The van der Waals surface area contributed by atoms with Crippen molar-refractivity contribution in [1.82, 2.24) is 5.32 Å². The predicted octanol–water partition coefficient (Wildman–Crippen LogP) is 1.65. The van der Waals surface area contributed by atoms with Crippen LogP contribution in [0.5, 0.6) is 0 Å². The van der Waals surface area contributed by atoms with E-state index in [0.717, 1.165) is 25.3 Å². The van der Waals surface area contributed by atoms with Gasteiger partial charge >= 0.3 is 0 Å². The Bertz CT molecular complexity index is 548. The molecule has 1 saturated heterocycles. The molecule has 0 saturated carbocycles. The molecule has 1 aliphatic rings. The summed E-state index contributed by atoms with van der Waals surface area (Å²) in [5.74, 6) is 0. The number of non-ortho nitro benzene ring substituents is 1. The first kappa shape index (κ1) is 13.3. The average Bonchev–Trinajstić information content (AvgIpc) is 2.36. The number of nitriles is 1. The topological polar surface area (TPSA) is 82.2 Å². The lowest BCUT2D eigenvalue weighted by Crippen LogP contribution is -2.57. The highest BCUT2D eigenvalue weighted by Gasteiger charge is 2.27. The smallest absolute Gasteiger partial charge is 0.270 e. The summed E-state index contributed by atoms with van der Waals surface area (Å²) in [6.45, 7) is 6.57. The van der Waals surface area contributed by atoms with Crippen molar-refractivity contribution in [2.24, 2.45) is 0 Å². The summed E-state index contributed by atoms with van der Waals surface area (Å²) in [7, 11) is 0. The maximum atomic E-state index is 10.7. The van der Waals surface area contributed by atoms with E-state index in [9.17, 15) is 15.4 Å². The van der Waals surface area contributed by atoms with Gasteiger partial charge in [-0.2, -0.15) is 5.26 Å². The van der Waals surface area contributed by atoms with Crippen LogP contribution in [-0.4, -0.2) is 30.1 Å². The van der Waals surface area contributed by atoms with Gasteiger partial charge in [0.25, 0.3) is 5.69 Å². The Labute approximate surface area is 111 Å². The van der Waals surface area contributed by atoms with Crippen LogP contribution in [0.1, 0.15) is 19.4 Å². The van der Waals surface area contributed by atoms with Crippen LogP contribution in [0.2, 0.25) is 0 Å². The van der Waals surface area contributed by atoms with Gasteiger partial charge < -0.3 is 10.2 Å². The van der Waals surface area contributed by atoms with Crippen LogP contribution in [-0.2, 0) is 0 Å². The van der Waals surface area contributed by atoms with Gasteiger partial charge in [0.1, 0.15) is 6.07 Å². The number of nitro groups is 1. The zero-order valence-corrected chi connectivity index (χ0v) is 11.0. The summed E-state index contributed by atoms with van der Waals surface area (Å²) in [6.07, 6.45) is 0. The third-order valence-corrected chi connectivity index (χ3v) is 3.22. The van der Waals surface area contributed by atoms with Gasteiger partial charge in [0.2, 0.25) is 0 Å².